The molecule has 0 atom stereocenters. The minimum absolute atomic E-state index is 0.590. The summed E-state index contributed by atoms with van der Waals surface area (Å²) < 4.78 is 0. The second kappa shape index (κ2) is 3.56. The predicted octanol–water partition coefficient (Wildman–Crippen LogP) is 1.00. The molecule has 0 spiro atoms. The highest BCUT2D eigenvalue weighted by molar-refractivity contribution is 5.30. The van der Waals surface area contributed by atoms with Gasteiger partial charge < -0.3 is 4.90 Å². The van der Waals surface area contributed by atoms with Gasteiger partial charge in [0.1, 0.15) is 0 Å². The normalized spacial score (nSPS) is 10.8. The van der Waals surface area contributed by atoms with Crippen molar-refractivity contribution in [2.24, 2.45) is 5.92 Å². The highest BCUT2D eigenvalue weighted by atomic mass is 15.5. The summed E-state index contributed by atoms with van der Waals surface area (Å²) in [4.78, 5) is 3.68. The third kappa shape index (κ3) is 2.22. The van der Waals surface area contributed by atoms with Crippen LogP contribution < -0.4 is 4.90 Å². The molecule has 1 rings (SSSR count). The Balaban J connectivity index is 2.64. The molecule has 12 heavy (non-hydrogen) atoms. The van der Waals surface area contributed by atoms with E-state index in [4.69, 9.17) is 0 Å². The summed E-state index contributed by atoms with van der Waals surface area (Å²) in [6, 6.07) is 0. The number of aromatic nitrogens is 3. The molecule has 1 aromatic rings. The predicted molar refractivity (Wildman–Crippen MR) is 49.2 cm³/mol. The Kier molecular flexibility index (Phi) is 2.68. The van der Waals surface area contributed by atoms with Gasteiger partial charge in [-0.25, -0.2) is 0 Å². The third-order valence-electron chi connectivity index (χ3n) is 1.51. The molecule has 1 aromatic heterocycles. The molecule has 0 radical (unpaired) electrons. The lowest BCUT2D eigenvalue weighted by Crippen LogP contribution is -2.12. The van der Waals surface area contributed by atoms with Gasteiger partial charge >= 0.3 is 0 Å². The van der Waals surface area contributed by atoms with Crippen molar-refractivity contribution in [1.82, 2.24) is 15.0 Å². The first-order chi connectivity index (χ1) is 5.59. The summed E-state index contributed by atoms with van der Waals surface area (Å²) in [5.74, 6) is 1.50. The van der Waals surface area contributed by atoms with Crippen LogP contribution in [-0.2, 0) is 6.54 Å². The maximum atomic E-state index is 4.28. The summed E-state index contributed by atoms with van der Waals surface area (Å²) in [6.07, 6.45) is 1.78. The zero-order valence-electron chi connectivity index (χ0n) is 8.15. The Labute approximate surface area is 73.2 Å². The molecular weight excluding hydrogens is 152 g/mol. The fourth-order valence-electron chi connectivity index (χ4n) is 0.908. The van der Waals surface area contributed by atoms with Crippen molar-refractivity contribution in [2.75, 3.05) is 19.0 Å². The van der Waals surface area contributed by atoms with Gasteiger partial charge in [0.05, 0.1) is 12.7 Å². The monoisotopic (exact) mass is 168 g/mol. The third-order valence-corrected chi connectivity index (χ3v) is 1.51. The standard InChI is InChI=1S/C8H16N4/c1-7(2)6-12-9-5-8(10-12)11(3)4/h5,7H,6H2,1-4H3. The molecule has 0 bridgehead atoms. The van der Waals surface area contributed by atoms with E-state index < -0.39 is 0 Å². The molecule has 0 saturated carbocycles. The number of hydrogen-bond acceptors (Lipinski definition) is 3. The fourth-order valence-corrected chi connectivity index (χ4v) is 0.908. The molecule has 4 nitrogen and oxygen atoms in total. The second-order valence-electron chi connectivity index (χ2n) is 3.55. The first-order valence-corrected chi connectivity index (χ1v) is 4.17. The van der Waals surface area contributed by atoms with Crippen molar-refractivity contribution in [3.8, 4) is 0 Å². The van der Waals surface area contributed by atoms with Gasteiger partial charge in [0.25, 0.3) is 0 Å². The fraction of sp³-hybridized carbons (Fsp3) is 0.750. The Morgan fingerprint density at radius 2 is 2.17 bits per heavy atom. The summed E-state index contributed by atoms with van der Waals surface area (Å²) in [6.45, 7) is 5.19. The van der Waals surface area contributed by atoms with Crippen LogP contribution in [0, 0.1) is 5.92 Å². The van der Waals surface area contributed by atoms with Crippen LogP contribution in [0.15, 0.2) is 6.20 Å². The molecule has 0 saturated heterocycles. The molecule has 0 aliphatic carbocycles. The number of anilines is 1. The van der Waals surface area contributed by atoms with Crippen LogP contribution in [0.2, 0.25) is 0 Å². The maximum Gasteiger partial charge on any atom is 0.170 e. The molecular formula is C8H16N4. The molecule has 0 N–H and O–H groups in total. The van der Waals surface area contributed by atoms with Crippen molar-refractivity contribution in [3.63, 3.8) is 0 Å². The van der Waals surface area contributed by atoms with E-state index in [2.05, 4.69) is 24.0 Å². The van der Waals surface area contributed by atoms with Crippen LogP contribution in [0.1, 0.15) is 13.8 Å². The smallest absolute Gasteiger partial charge is 0.170 e. The number of hydrogen-bond donors (Lipinski definition) is 0. The van der Waals surface area contributed by atoms with Crippen LogP contribution in [0.3, 0.4) is 0 Å². The van der Waals surface area contributed by atoms with Crippen molar-refractivity contribution < 1.29 is 0 Å². The van der Waals surface area contributed by atoms with E-state index in [9.17, 15) is 0 Å². The zero-order valence-corrected chi connectivity index (χ0v) is 8.15. The zero-order chi connectivity index (χ0) is 9.14. The van der Waals surface area contributed by atoms with Gasteiger partial charge in [-0.2, -0.15) is 9.90 Å². The van der Waals surface area contributed by atoms with Gasteiger partial charge in [0.15, 0.2) is 5.82 Å². The maximum absolute atomic E-state index is 4.28. The number of rotatable bonds is 3. The van der Waals surface area contributed by atoms with E-state index in [0.29, 0.717) is 5.92 Å². The molecule has 0 aliphatic heterocycles. The molecule has 0 fully saturated rings. The average molecular weight is 168 g/mol. The van der Waals surface area contributed by atoms with E-state index in [0.717, 1.165) is 12.4 Å². The summed E-state index contributed by atoms with van der Waals surface area (Å²) in [5.41, 5.74) is 0. The van der Waals surface area contributed by atoms with E-state index in [1.54, 1.807) is 11.0 Å². The molecule has 0 aromatic carbocycles. The number of nitrogens with zero attached hydrogens (tertiary/aromatic N) is 4. The lowest BCUT2D eigenvalue weighted by molar-refractivity contribution is 0.438. The second-order valence-corrected chi connectivity index (χ2v) is 3.55. The molecule has 0 amide bonds. The van der Waals surface area contributed by atoms with E-state index in [1.807, 2.05) is 19.0 Å². The van der Waals surface area contributed by atoms with Crippen LogP contribution >= 0.6 is 0 Å². The largest absolute Gasteiger partial charge is 0.360 e. The first-order valence-electron chi connectivity index (χ1n) is 4.17. The SMILES string of the molecule is CC(C)Cn1ncc(N(C)C)n1. The highest BCUT2D eigenvalue weighted by Gasteiger charge is 2.02. The minimum Gasteiger partial charge on any atom is -0.360 e. The minimum atomic E-state index is 0.590. The Morgan fingerprint density at radius 3 is 2.58 bits per heavy atom. The van der Waals surface area contributed by atoms with Crippen molar-refractivity contribution in [1.29, 1.82) is 0 Å². The molecule has 68 valence electrons. The van der Waals surface area contributed by atoms with Gasteiger partial charge in [0, 0.05) is 14.1 Å². The van der Waals surface area contributed by atoms with Crippen molar-refractivity contribution in [3.05, 3.63) is 6.20 Å². The van der Waals surface area contributed by atoms with Gasteiger partial charge in [-0.05, 0) is 5.92 Å². The quantitative estimate of drug-likeness (QED) is 0.675. The van der Waals surface area contributed by atoms with E-state index in [-0.39, 0.29) is 0 Å². The van der Waals surface area contributed by atoms with Crippen LogP contribution in [0.5, 0.6) is 0 Å². The Morgan fingerprint density at radius 1 is 1.50 bits per heavy atom. The molecule has 4 heteroatoms. The summed E-state index contributed by atoms with van der Waals surface area (Å²) in [5, 5.41) is 8.42. The topological polar surface area (TPSA) is 34.0 Å². The average Bonchev–Trinajstić information content (AvgIpc) is 2.34. The van der Waals surface area contributed by atoms with Crippen LogP contribution in [0.25, 0.3) is 0 Å². The lowest BCUT2D eigenvalue weighted by atomic mass is 10.2. The molecule has 0 aliphatic rings. The van der Waals surface area contributed by atoms with Crippen molar-refractivity contribution in [2.45, 2.75) is 20.4 Å². The molecule has 0 unspecified atom stereocenters. The van der Waals surface area contributed by atoms with Gasteiger partial charge in [-0.3, -0.25) is 0 Å². The van der Waals surface area contributed by atoms with E-state index in [1.165, 1.54) is 0 Å². The Hall–Kier alpha value is -1.06. The van der Waals surface area contributed by atoms with Gasteiger partial charge in [0.2, 0.25) is 0 Å². The molecule has 1 heterocycles. The van der Waals surface area contributed by atoms with Gasteiger partial charge in [-0.15, -0.1) is 5.10 Å². The summed E-state index contributed by atoms with van der Waals surface area (Å²) >= 11 is 0. The Bertz CT molecular complexity index is 239. The highest BCUT2D eigenvalue weighted by Crippen LogP contribution is 2.04. The van der Waals surface area contributed by atoms with Crippen LogP contribution in [-0.4, -0.2) is 29.1 Å². The van der Waals surface area contributed by atoms with Crippen molar-refractivity contribution >= 4 is 5.82 Å². The first kappa shape index (κ1) is 9.03. The lowest BCUT2D eigenvalue weighted by Gasteiger charge is -2.06. The van der Waals surface area contributed by atoms with Crippen LogP contribution in [0.4, 0.5) is 5.82 Å². The van der Waals surface area contributed by atoms with Gasteiger partial charge in [-0.1, -0.05) is 13.8 Å². The summed E-state index contributed by atoms with van der Waals surface area (Å²) in [7, 11) is 3.92. The van der Waals surface area contributed by atoms with E-state index >= 15 is 0 Å².